The zero-order valence-electron chi connectivity index (χ0n) is 14.9. The first-order chi connectivity index (χ1) is 12.3. The topological polar surface area (TPSA) is 31.9 Å². The SMILES string of the molecule is Cc1ccc(CCc2cccc3c4c([nH]c23)CN2CCC4CC2)cn1. The lowest BCUT2D eigenvalue weighted by Crippen LogP contribution is -2.29. The molecule has 3 aromatic rings. The average Bonchev–Trinajstić information content (AvgIpc) is 2.81. The Morgan fingerprint density at radius 3 is 2.80 bits per heavy atom. The van der Waals surface area contributed by atoms with Gasteiger partial charge in [-0.05, 0) is 74.4 Å². The normalized spacial score (nSPS) is 22.1. The van der Waals surface area contributed by atoms with Gasteiger partial charge in [-0.2, -0.15) is 0 Å². The van der Waals surface area contributed by atoms with E-state index in [-0.39, 0.29) is 0 Å². The summed E-state index contributed by atoms with van der Waals surface area (Å²) < 4.78 is 0. The average molecular weight is 331 g/mol. The van der Waals surface area contributed by atoms with Gasteiger partial charge in [-0.3, -0.25) is 9.88 Å². The van der Waals surface area contributed by atoms with Crippen molar-refractivity contribution in [3.05, 3.63) is 64.6 Å². The van der Waals surface area contributed by atoms with E-state index in [1.165, 1.54) is 53.7 Å². The van der Waals surface area contributed by atoms with Gasteiger partial charge in [0.25, 0.3) is 0 Å². The second-order valence-electron chi connectivity index (χ2n) is 7.72. The predicted octanol–water partition coefficient (Wildman–Crippen LogP) is 4.35. The summed E-state index contributed by atoms with van der Waals surface area (Å²) in [6.45, 7) is 5.66. The molecule has 1 saturated heterocycles. The monoisotopic (exact) mass is 331 g/mol. The van der Waals surface area contributed by atoms with Gasteiger partial charge < -0.3 is 4.98 Å². The van der Waals surface area contributed by atoms with E-state index in [2.05, 4.69) is 45.2 Å². The van der Waals surface area contributed by atoms with Gasteiger partial charge in [-0.25, -0.2) is 0 Å². The van der Waals surface area contributed by atoms with Crippen molar-refractivity contribution in [2.24, 2.45) is 0 Å². The molecule has 0 saturated carbocycles. The van der Waals surface area contributed by atoms with Gasteiger partial charge in [-0.1, -0.05) is 24.3 Å². The van der Waals surface area contributed by atoms with E-state index in [1.54, 1.807) is 5.56 Å². The van der Waals surface area contributed by atoms with Gasteiger partial charge in [0.1, 0.15) is 0 Å². The fourth-order valence-electron chi connectivity index (χ4n) is 4.68. The molecule has 1 aromatic carbocycles. The first kappa shape index (κ1) is 15.2. The molecule has 0 unspecified atom stereocenters. The van der Waals surface area contributed by atoms with Crippen LogP contribution >= 0.6 is 0 Å². The largest absolute Gasteiger partial charge is 0.357 e. The molecule has 0 radical (unpaired) electrons. The first-order valence-corrected chi connectivity index (χ1v) is 9.54. The Hall–Kier alpha value is -2.13. The number of aryl methyl sites for hydroxylation is 3. The van der Waals surface area contributed by atoms with Gasteiger partial charge in [0.15, 0.2) is 0 Å². The van der Waals surface area contributed by atoms with Crippen LogP contribution in [0.25, 0.3) is 10.9 Å². The van der Waals surface area contributed by atoms with Crippen LogP contribution in [0.5, 0.6) is 0 Å². The Morgan fingerprint density at radius 2 is 2.00 bits per heavy atom. The summed E-state index contributed by atoms with van der Waals surface area (Å²) in [5, 5.41) is 1.48. The number of fused-ring (bicyclic) bond motifs is 3. The molecule has 3 aliphatic heterocycles. The minimum absolute atomic E-state index is 0.749. The van der Waals surface area contributed by atoms with Crippen molar-refractivity contribution in [3.8, 4) is 0 Å². The molecule has 0 aliphatic carbocycles. The maximum Gasteiger partial charge on any atom is 0.0492 e. The summed E-state index contributed by atoms with van der Waals surface area (Å²) in [6, 6.07) is 11.2. The van der Waals surface area contributed by atoms with E-state index in [0.717, 1.165) is 31.0 Å². The van der Waals surface area contributed by atoms with Crippen LogP contribution in [0.1, 0.15) is 46.8 Å². The third-order valence-corrected chi connectivity index (χ3v) is 6.08. The molecule has 128 valence electrons. The molecule has 5 heterocycles. The summed E-state index contributed by atoms with van der Waals surface area (Å²) in [7, 11) is 0. The lowest BCUT2D eigenvalue weighted by atomic mass is 9.89. The zero-order chi connectivity index (χ0) is 16.8. The number of para-hydroxylation sites is 1. The second-order valence-corrected chi connectivity index (χ2v) is 7.72. The van der Waals surface area contributed by atoms with Crippen molar-refractivity contribution >= 4 is 10.9 Å². The van der Waals surface area contributed by atoms with Crippen molar-refractivity contribution < 1.29 is 0 Å². The minimum Gasteiger partial charge on any atom is -0.357 e. The smallest absolute Gasteiger partial charge is 0.0492 e. The predicted molar refractivity (Wildman–Crippen MR) is 102 cm³/mol. The number of pyridine rings is 1. The Kier molecular flexibility index (Phi) is 3.63. The number of aromatic nitrogens is 2. The first-order valence-electron chi connectivity index (χ1n) is 9.54. The summed E-state index contributed by atoms with van der Waals surface area (Å²) >= 11 is 0. The number of hydrogen-bond acceptors (Lipinski definition) is 2. The fraction of sp³-hybridized carbons (Fsp3) is 0.409. The lowest BCUT2D eigenvalue weighted by Gasteiger charge is -2.26. The molecule has 0 amide bonds. The molecular formula is C22H25N3. The number of piperidine rings is 1. The zero-order valence-corrected chi connectivity index (χ0v) is 14.9. The molecule has 3 heteroatoms. The lowest BCUT2D eigenvalue weighted by molar-refractivity contribution is 0.219. The number of nitrogens with one attached hydrogen (secondary N) is 1. The molecule has 2 bridgehead atoms. The maximum atomic E-state index is 4.43. The number of nitrogens with zero attached hydrogens (tertiary/aromatic N) is 2. The summed E-state index contributed by atoms with van der Waals surface area (Å²) in [5.74, 6) is 0.749. The van der Waals surface area contributed by atoms with Crippen molar-refractivity contribution in [2.75, 3.05) is 13.1 Å². The van der Waals surface area contributed by atoms with Crippen LogP contribution in [0.4, 0.5) is 0 Å². The Bertz CT molecular complexity index is 899. The van der Waals surface area contributed by atoms with E-state index >= 15 is 0 Å². The number of aromatic amines is 1. The van der Waals surface area contributed by atoms with Crippen LogP contribution in [0.15, 0.2) is 36.5 Å². The number of benzene rings is 1. The van der Waals surface area contributed by atoms with Crippen LogP contribution in [0.3, 0.4) is 0 Å². The number of H-pyrrole nitrogens is 1. The van der Waals surface area contributed by atoms with E-state index in [4.69, 9.17) is 0 Å². The highest BCUT2D eigenvalue weighted by molar-refractivity contribution is 5.88. The summed E-state index contributed by atoms with van der Waals surface area (Å²) in [5.41, 5.74) is 8.32. The van der Waals surface area contributed by atoms with Gasteiger partial charge in [-0.15, -0.1) is 0 Å². The van der Waals surface area contributed by atoms with E-state index in [9.17, 15) is 0 Å². The van der Waals surface area contributed by atoms with Gasteiger partial charge in [0, 0.05) is 35.0 Å². The highest BCUT2D eigenvalue weighted by atomic mass is 15.1. The van der Waals surface area contributed by atoms with Gasteiger partial charge >= 0.3 is 0 Å². The van der Waals surface area contributed by atoms with Crippen LogP contribution in [-0.4, -0.2) is 28.0 Å². The van der Waals surface area contributed by atoms with Crippen molar-refractivity contribution in [3.63, 3.8) is 0 Å². The van der Waals surface area contributed by atoms with E-state index in [0.29, 0.717) is 0 Å². The number of hydrogen-bond donors (Lipinski definition) is 1. The molecule has 2 aromatic heterocycles. The van der Waals surface area contributed by atoms with Gasteiger partial charge in [0.2, 0.25) is 0 Å². The Morgan fingerprint density at radius 1 is 1.12 bits per heavy atom. The van der Waals surface area contributed by atoms with Crippen molar-refractivity contribution in [1.82, 2.24) is 14.9 Å². The summed E-state index contributed by atoms with van der Waals surface area (Å²) in [6.07, 6.45) is 6.77. The molecule has 0 atom stereocenters. The quantitative estimate of drug-likeness (QED) is 0.774. The molecule has 6 rings (SSSR count). The third-order valence-electron chi connectivity index (χ3n) is 6.08. The highest BCUT2D eigenvalue weighted by Gasteiger charge is 2.30. The van der Waals surface area contributed by atoms with Crippen LogP contribution in [0, 0.1) is 6.92 Å². The fourth-order valence-corrected chi connectivity index (χ4v) is 4.68. The highest BCUT2D eigenvalue weighted by Crippen LogP contribution is 2.40. The molecule has 25 heavy (non-hydrogen) atoms. The minimum atomic E-state index is 0.749. The second kappa shape index (κ2) is 5.99. The molecule has 1 fully saturated rings. The Balaban J connectivity index is 1.49. The van der Waals surface area contributed by atoms with Crippen LogP contribution < -0.4 is 0 Å². The van der Waals surface area contributed by atoms with Crippen LogP contribution in [-0.2, 0) is 19.4 Å². The van der Waals surface area contributed by atoms with Crippen molar-refractivity contribution in [2.45, 2.75) is 45.1 Å². The van der Waals surface area contributed by atoms with E-state index < -0.39 is 0 Å². The Labute approximate surface area is 149 Å². The molecule has 3 aliphatic rings. The molecule has 3 nitrogen and oxygen atoms in total. The van der Waals surface area contributed by atoms with E-state index in [1.807, 2.05) is 13.1 Å². The summed E-state index contributed by atoms with van der Waals surface area (Å²) in [4.78, 5) is 10.8. The van der Waals surface area contributed by atoms with Crippen LogP contribution in [0.2, 0.25) is 0 Å². The molecule has 1 N–H and O–H groups in total. The third kappa shape index (κ3) is 2.67. The number of rotatable bonds is 3. The molecule has 0 spiro atoms. The standard InChI is InChI=1S/C22H25N3/c1-15-5-6-16(13-23-15)7-8-18-3-2-4-19-21-17-9-11-25(12-10-17)14-20(21)24-22(18)19/h2-6,13,17,24H,7-12,14H2,1H3. The van der Waals surface area contributed by atoms with Crippen molar-refractivity contribution in [1.29, 1.82) is 0 Å². The maximum absolute atomic E-state index is 4.43. The molecular weight excluding hydrogens is 306 g/mol. The van der Waals surface area contributed by atoms with Gasteiger partial charge in [0.05, 0.1) is 0 Å².